The summed E-state index contributed by atoms with van der Waals surface area (Å²) in [6.07, 6.45) is 7.84. The molecule has 3 saturated carbocycles. The fourth-order valence-corrected chi connectivity index (χ4v) is 2.77. The summed E-state index contributed by atoms with van der Waals surface area (Å²) in [7, 11) is 0. The van der Waals surface area contributed by atoms with Crippen molar-refractivity contribution in [2.24, 2.45) is 5.92 Å². The maximum absolute atomic E-state index is 4.42. The second-order valence-corrected chi connectivity index (χ2v) is 5.09. The zero-order chi connectivity index (χ0) is 9.60. The molecule has 3 aliphatic carbocycles. The van der Waals surface area contributed by atoms with Gasteiger partial charge >= 0.3 is 0 Å². The lowest BCUT2D eigenvalue weighted by Gasteiger charge is -2.62. The molecule has 4 heteroatoms. The van der Waals surface area contributed by atoms with Crippen LogP contribution in [0.2, 0.25) is 0 Å². The lowest BCUT2D eigenvalue weighted by molar-refractivity contribution is 0.00176. The Morgan fingerprint density at radius 1 is 1.50 bits per heavy atom. The lowest BCUT2D eigenvalue weighted by Crippen LogP contribution is -2.63. The molecule has 0 amide bonds. The molecule has 14 heavy (non-hydrogen) atoms. The molecule has 0 spiro atoms. The van der Waals surface area contributed by atoms with E-state index in [0.29, 0.717) is 5.54 Å². The Morgan fingerprint density at radius 3 is 2.86 bits per heavy atom. The Bertz CT molecular complexity index is 349. The summed E-state index contributed by atoms with van der Waals surface area (Å²) in [5.41, 5.74) is 0.411. The second-order valence-electron chi connectivity index (χ2n) is 4.31. The highest BCUT2D eigenvalue weighted by Gasteiger charge is 2.56. The molecule has 0 aromatic carbocycles. The summed E-state index contributed by atoms with van der Waals surface area (Å²) in [6, 6.07) is 1.96. The van der Waals surface area contributed by atoms with Crippen LogP contribution in [0.15, 0.2) is 17.4 Å². The zero-order valence-electron chi connectivity index (χ0n) is 8.16. The second kappa shape index (κ2) is 2.86. The van der Waals surface area contributed by atoms with Crippen molar-refractivity contribution in [3.05, 3.63) is 12.3 Å². The smallest absolute Gasteiger partial charge is 0.189 e. The van der Waals surface area contributed by atoms with Crippen molar-refractivity contribution in [1.29, 1.82) is 0 Å². The first-order valence-corrected chi connectivity index (χ1v) is 6.17. The Morgan fingerprint density at radius 2 is 2.29 bits per heavy atom. The van der Waals surface area contributed by atoms with E-state index in [0.717, 1.165) is 16.9 Å². The molecule has 0 unspecified atom stereocenters. The van der Waals surface area contributed by atoms with Crippen LogP contribution in [0.1, 0.15) is 19.3 Å². The summed E-state index contributed by atoms with van der Waals surface area (Å²) in [5, 5.41) is 4.38. The fourth-order valence-electron chi connectivity index (χ4n) is 2.41. The minimum absolute atomic E-state index is 0.411. The highest BCUT2D eigenvalue weighted by molar-refractivity contribution is 7.98. The van der Waals surface area contributed by atoms with E-state index in [1.807, 2.05) is 18.5 Å². The molecule has 74 valence electrons. The molecular formula is C10H13N3S. The Hall–Kier alpha value is -0.770. The SMILES string of the molecule is CSc1nccc(NC23CC(C2)C3)n1. The first-order valence-electron chi connectivity index (χ1n) is 4.95. The topological polar surface area (TPSA) is 37.8 Å². The standard InChI is InChI=1S/C10H13N3S/c1-14-9-11-3-2-8(12-9)13-10-4-7(5-10)6-10/h2-3,7H,4-6H2,1H3,(H,11,12,13). The van der Waals surface area contributed by atoms with Crippen molar-refractivity contribution < 1.29 is 0 Å². The van der Waals surface area contributed by atoms with Gasteiger partial charge in [-0.25, -0.2) is 9.97 Å². The maximum atomic E-state index is 4.42. The third kappa shape index (κ3) is 1.21. The maximum Gasteiger partial charge on any atom is 0.189 e. The van der Waals surface area contributed by atoms with E-state index in [4.69, 9.17) is 0 Å². The average molecular weight is 207 g/mol. The number of thioether (sulfide) groups is 1. The minimum Gasteiger partial charge on any atom is -0.364 e. The van der Waals surface area contributed by atoms with Crippen LogP contribution in [0.3, 0.4) is 0 Å². The molecule has 1 heterocycles. The number of nitrogens with one attached hydrogen (secondary N) is 1. The van der Waals surface area contributed by atoms with Gasteiger partial charge in [0.25, 0.3) is 0 Å². The van der Waals surface area contributed by atoms with Gasteiger partial charge in [-0.3, -0.25) is 0 Å². The van der Waals surface area contributed by atoms with E-state index >= 15 is 0 Å². The van der Waals surface area contributed by atoms with E-state index in [9.17, 15) is 0 Å². The molecule has 4 rings (SSSR count). The van der Waals surface area contributed by atoms with Crippen molar-refractivity contribution in [2.75, 3.05) is 11.6 Å². The predicted octanol–water partition coefficient (Wildman–Crippen LogP) is 2.16. The van der Waals surface area contributed by atoms with E-state index in [2.05, 4.69) is 15.3 Å². The van der Waals surface area contributed by atoms with Gasteiger partial charge in [0.15, 0.2) is 5.16 Å². The van der Waals surface area contributed by atoms with E-state index in [1.165, 1.54) is 19.3 Å². The lowest BCUT2D eigenvalue weighted by atomic mass is 9.50. The summed E-state index contributed by atoms with van der Waals surface area (Å²) < 4.78 is 0. The van der Waals surface area contributed by atoms with Crippen LogP contribution in [0.5, 0.6) is 0 Å². The number of rotatable bonds is 3. The van der Waals surface area contributed by atoms with Crippen LogP contribution in [-0.2, 0) is 0 Å². The summed E-state index contributed by atoms with van der Waals surface area (Å²) in [6.45, 7) is 0. The van der Waals surface area contributed by atoms with Crippen LogP contribution in [0, 0.1) is 5.92 Å². The molecule has 0 saturated heterocycles. The van der Waals surface area contributed by atoms with E-state index < -0.39 is 0 Å². The van der Waals surface area contributed by atoms with Crippen LogP contribution >= 0.6 is 11.8 Å². The Balaban J connectivity index is 1.75. The van der Waals surface area contributed by atoms with Crippen molar-refractivity contribution in [3.63, 3.8) is 0 Å². The van der Waals surface area contributed by atoms with Crippen molar-refractivity contribution in [2.45, 2.75) is 30.0 Å². The van der Waals surface area contributed by atoms with Crippen LogP contribution in [0.25, 0.3) is 0 Å². The fraction of sp³-hybridized carbons (Fsp3) is 0.600. The van der Waals surface area contributed by atoms with Crippen molar-refractivity contribution in [3.8, 4) is 0 Å². The molecule has 3 nitrogen and oxygen atoms in total. The molecule has 2 bridgehead atoms. The highest BCUT2D eigenvalue weighted by Crippen LogP contribution is 2.58. The zero-order valence-corrected chi connectivity index (χ0v) is 8.97. The monoisotopic (exact) mass is 207 g/mol. The molecule has 0 radical (unpaired) electrons. The van der Waals surface area contributed by atoms with Gasteiger partial charge in [-0.1, -0.05) is 11.8 Å². The van der Waals surface area contributed by atoms with Crippen molar-refractivity contribution in [1.82, 2.24) is 9.97 Å². The first-order chi connectivity index (χ1) is 6.80. The molecule has 3 fully saturated rings. The van der Waals surface area contributed by atoms with Crippen molar-refractivity contribution >= 4 is 17.6 Å². The average Bonchev–Trinajstić information content (AvgIpc) is 2.10. The number of hydrogen-bond acceptors (Lipinski definition) is 4. The molecule has 1 aromatic rings. The first kappa shape index (κ1) is 8.53. The Kier molecular flexibility index (Phi) is 1.74. The molecule has 0 aliphatic heterocycles. The summed E-state index contributed by atoms with van der Waals surface area (Å²) >= 11 is 1.59. The van der Waals surface area contributed by atoms with Gasteiger partial charge in [0.2, 0.25) is 0 Å². The minimum atomic E-state index is 0.411. The highest BCUT2D eigenvalue weighted by atomic mass is 32.2. The number of anilines is 1. The number of nitrogens with zero attached hydrogens (tertiary/aromatic N) is 2. The summed E-state index contributed by atoms with van der Waals surface area (Å²) in [4.78, 5) is 8.58. The van der Waals surface area contributed by atoms with Gasteiger partial charge in [0.05, 0.1) is 0 Å². The van der Waals surface area contributed by atoms with E-state index in [-0.39, 0.29) is 0 Å². The largest absolute Gasteiger partial charge is 0.364 e. The number of hydrogen-bond donors (Lipinski definition) is 1. The third-order valence-electron chi connectivity index (χ3n) is 3.25. The van der Waals surface area contributed by atoms with Gasteiger partial charge < -0.3 is 5.32 Å². The van der Waals surface area contributed by atoms with Gasteiger partial charge in [0, 0.05) is 11.7 Å². The molecule has 1 N–H and O–H groups in total. The Labute approximate surface area is 87.7 Å². The van der Waals surface area contributed by atoms with Gasteiger partial charge in [-0.15, -0.1) is 0 Å². The molecule has 0 atom stereocenters. The quantitative estimate of drug-likeness (QED) is 0.609. The van der Waals surface area contributed by atoms with Crippen LogP contribution in [0.4, 0.5) is 5.82 Å². The summed E-state index contributed by atoms with van der Waals surface area (Å²) in [5.74, 6) is 1.99. The van der Waals surface area contributed by atoms with Crippen LogP contribution in [-0.4, -0.2) is 21.8 Å². The van der Waals surface area contributed by atoms with Gasteiger partial charge in [0.1, 0.15) is 5.82 Å². The normalized spacial score (nSPS) is 33.1. The van der Waals surface area contributed by atoms with Gasteiger partial charge in [-0.2, -0.15) is 0 Å². The predicted molar refractivity (Wildman–Crippen MR) is 57.5 cm³/mol. The number of aromatic nitrogens is 2. The molecule has 3 aliphatic rings. The van der Waals surface area contributed by atoms with E-state index in [1.54, 1.807) is 11.8 Å². The molecular weight excluding hydrogens is 194 g/mol. The molecule has 1 aromatic heterocycles. The third-order valence-corrected chi connectivity index (χ3v) is 3.81. The van der Waals surface area contributed by atoms with Gasteiger partial charge in [-0.05, 0) is 37.5 Å². The van der Waals surface area contributed by atoms with Crippen LogP contribution < -0.4 is 5.32 Å².